The van der Waals surface area contributed by atoms with Crippen LogP contribution in [0, 0.1) is 11.3 Å². The number of rotatable bonds is 1. The van der Waals surface area contributed by atoms with Gasteiger partial charge in [0.05, 0.1) is 0 Å². The highest BCUT2D eigenvalue weighted by Gasteiger charge is 2.35. The van der Waals surface area contributed by atoms with Gasteiger partial charge in [0.2, 0.25) is 0 Å². The summed E-state index contributed by atoms with van der Waals surface area (Å²) in [6, 6.07) is 0. The Bertz CT molecular complexity index is 142. The van der Waals surface area contributed by atoms with Crippen molar-refractivity contribution < 1.29 is 0 Å². The molecule has 3 saturated heterocycles. The van der Waals surface area contributed by atoms with Crippen molar-refractivity contribution in [1.82, 2.24) is 4.90 Å². The van der Waals surface area contributed by atoms with Gasteiger partial charge in [-0.15, -0.1) is 0 Å². The fraction of sp³-hybridized carbons (Fsp3) is 1.00. The maximum absolute atomic E-state index is 2.67. The molecule has 0 N–H and O–H groups in total. The predicted octanol–water partition coefficient (Wildman–Crippen LogP) is 2.52. The van der Waals surface area contributed by atoms with Crippen LogP contribution in [0.3, 0.4) is 0 Å². The van der Waals surface area contributed by atoms with E-state index >= 15 is 0 Å². The molecule has 0 aromatic heterocycles. The topological polar surface area (TPSA) is 3.24 Å². The first-order chi connectivity index (χ1) is 5.72. The van der Waals surface area contributed by atoms with Gasteiger partial charge in [0.1, 0.15) is 0 Å². The summed E-state index contributed by atoms with van der Waals surface area (Å²) in [6.45, 7) is 8.94. The first-order valence-electron chi connectivity index (χ1n) is 5.44. The standard InChI is InChI=1S/C11H21N/c1-3-11(2)8-10-4-6-12(9-11)7-5-10/h10H,3-9H2,1-2H3. The molecular formula is C11H21N. The third kappa shape index (κ3) is 1.52. The molecule has 3 aliphatic rings. The Morgan fingerprint density at radius 3 is 2.58 bits per heavy atom. The average Bonchev–Trinajstić information content (AvgIpc) is 2.32. The third-order valence-electron chi connectivity index (χ3n) is 3.95. The van der Waals surface area contributed by atoms with Crippen LogP contribution < -0.4 is 0 Å². The van der Waals surface area contributed by atoms with Crippen LogP contribution in [0.2, 0.25) is 0 Å². The normalized spacial score (nSPS) is 47.5. The Morgan fingerprint density at radius 2 is 2.00 bits per heavy atom. The summed E-state index contributed by atoms with van der Waals surface area (Å²) in [7, 11) is 0. The van der Waals surface area contributed by atoms with Gasteiger partial charge in [-0.2, -0.15) is 0 Å². The maximum Gasteiger partial charge on any atom is 0.00353 e. The van der Waals surface area contributed by atoms with Crippen LogP contribution >= 0.6 is 0 Å². The molecule has 1 atom stereocenters. The second-order valence-electron chi connectivity index (χ2n) is 5.09. The lowest BCUT2D eigenvalue weighted by atomic mass is 9.79. The van der Waals surface area contributed by atoms with E-state index in [1.54, 1.807) is 0 Å². The Labute approximate surface area is 76.1 Å². The molecule has 0 aromatic carbocycles. The van der Waals surface area contributed by atoms with Gasteiger partial charge in [-0.05, 0) is 50.1 Å². The number of hydrogen-bond acceptors (Lipinski definition) is 1. The van der Waals surface area contributed by atoms with Gasteiger partial charge in [-0.1, -0.05) is 13.8 Å². The van der Waals surface area contributed by atoms with E-state index in [2.05, 4.69) is 18.7 Å². The fourth-order valence-electron chi connectivity index (χ4n) is 2.91. The van der Waals surface area contributed by atoms with E-state index in [4.69, 9.17) is 0 Å². The van der Waals surface area contributed by atoms with Gasteiger partial charge in [0.15, 0.2) is 0 Å². The van der Waals surface area contributed by atoms with Crippen molar-refractivity contribution in [3.63, 3.8) is 0 Å². The van der Waals surface area contributed by atoms with E-state index in [0.717, 1.165) is 5.92 Å². The quantitative estimate of drug-likeness (QED) is 0.580. The summed E-state index contributed by atoms with van der Waals surface area (Å²) in [4.78, 5) is 2.67. The smallest absolute Gasteiger partial charge is 0.00353 e. The van der Waals surface area contributed by atoms with Crippen LogP contribution in [0.5, 0.6) is 0 Å². The molecule has 0 saturated carbocycles. The van der Waals surface area contributed by atoms with Crippen LogP contribution in [0.1, 0.15) is 39.5 Å². The monoisotopic (exact) mass is 167 g/mol. The number of hydrogen-bond donors (Lipinski definition) is 0. The Morgan fingerprint density at radius 1 is 1.33 bits per heavy atom. The summed E-state index contributed by atoms with van der Waals surface area (Å²) in [5.41, 5.74) is 0.637. The van der Waals surface area contributed by atoms with Gasteiger partial charge in [0.25, 0.3) is 0 Å². The molecule has 0 aromatic rings. The van der Waals surface area contributed by atoms with Crippen molar-refractivity contribution >= 4 is 0 Å². The molecule has 0 radical (unpaired) electrons. The van der Waals surface area contributed by atoms with Crippen LogP contribution in [0.4, 0.5) is 0 Å². The van der Waals surface area contributed by atoms with Crippen molar-refractivity contribution in [2.24, 2.45) is 11.3 Å². The van der Waals surface area contributed by atoms with Crippen LogP contribution in [0.15, 0.2) is 0 Å². The number of fused-ring (bicyclic) bond motifs is 4. The third-order valence-corrected chi connectivity index (χ3v) is 3.95. The summed E-state index contributed by atoms with van der Waals surface area (Å²) in [5.74, 6) is 1.05. The summed E-state index contributed by atoms with van der Waals surface area (Å²) in [5, 5.41) is 0. The number of piperidine rings is 1. The van der Waals surface area contributed by atoms with E-state index in [0.29, 0.717) is 5.41 Å². The SMILES string of the molecule is CCC1(C)CC2CCN(CC2)C1. The zero-order chi connectivity index (χ0) is 8.60. The van der Waals surface area contributed by atoms with Crippen LogP contribution in [-0.2, 0) is 0 Å². The van der Waals surface area contributed by atoms with E-state index < -0.39 is 0 Å². The minimum atomic E-state index is 0.637. The Kier molecular flexibility index (Phi) is 2.16. The predicted molar refractivity (Wildman–Crippen MR) is 52.2 cm³/mol. The highest BCUT2D eigenvalue weighted by atomic mass is 15.1. The minimum Gasteiger partial charge on any atom is -0.303 e. The number of nitrogens with zero attached hydrogens (tertiary/aromatic N) is 1. The lowest BCUT2D eigenvalue weighted by Crippen LogP contribution is -2.34. The highest BCUT2D eigenvalue weighted by Crippen LogP contribution is 2.39. The molecule has 0 spiro atoms. The molecule has 2 bridgehead atoms. The maximum atomic E-state index is 2.67. The zero-order valence-electron chi connectivity index (χ0n) is 8.47. The Hall–Kier alpha value is -0.0400. The van der Waals surface area contributed by atoms with E-state index in [9.17, 15) is 0 Å². The first kappa shape index (κ1) is 8.55. The first-order valence-corrected chi connectivity index (χ1v) is 5.44. The average molecular weight is 167 g/mol. The van der Waals surface area contributed by atoms with Crippen molar-refractivity contribution in [3.8, 4) is 0 Å². The summed E-state index contributed by atoms with van der Waals surface area (Å²) < 4.78 is 0. The minimum absolute atomic E-state index is 0.637. The van der Waals surface area contributed by atoms with Crippen molar-refractivity contribution in [2.75, 3.05) is 19.6 Å². The molecule has 3 aliphatic heterocycles. The second kappa shape index (κ2) is 3.02. The molecule has 3 fully saturated rings. The summed E-state index contributed by atoms with van der Waals surface area (Å²) >= 11 is 0. The van der Waals surface area contributed by atoms with Gasteiger partial charge >= 0.3 is 0 Å². The lowest BCUT2D eigenvalue weighted by Gasteiger charge is -2.30. The second-order valence-corrected chi connectivity index (χ2v) is 5.09. The van der Waals surface area contributed by atoms with Gasteiger partial charge in [-0.25, -0.2) is 0 Å². The lowest BCUT2D eigenvalue weighted by molar-refractivity contribution is 0.186. The molecule has 70 valence electrons. The largest absolute Gasteiger partial charge is 0.303 e. The summed E-state index contributed by atoms with van der Waals surface area (Å²) in [6.07, 6.45) is 5.78. The van der Waals surface area contributed by atoms with Crippen molar-refractivity contribution in [1.29, 1.82) is 0 Å². The molecule has 3 heterocycles. The fourth-order valence-corrected chi connectivity index (χ4v) is 2.91. The van der Waals surface area contributed by atoms with Gasteiger partial charge in [0, 0.05) is 6.54 Å². The van der Waals surface area contributed by atoms with Crippen molar-refractivity contribution in [2.45, 2.75) is 39.5 Å². The molecule has 12 heavy (non-hydrogen) atoms. The zero-order valence-corrected chi connectivity index (χ0v) is 8.47. The molecular weight excluding hydrogens is 146 g/mol. The molecule has 1 nitrogen and oxygen atoms in total. The van der Waals surface area contributed by atoms with E-state index in [1.165, 1.54) is 45.3 Å². The van der Waals surface area contributed by atoms with Gasteiger partial charge < -0.3 is 4.90 Å². The van der Waals surface area contributed by atoms with Crippen molar-refractivity contribution in [3.05, 3.63) is 0 Å². The van der Waals surface area contributed by atoms with Crippen LogP contribution in [-0.4, -0.2) is 24.5 Å². The highest BCUT2D eigenvalue weighted by molar-refractivity contribution is 4.88. The molecule has 1 heteroatoms. The molecule has 0 aliphatic carbocycles. The molecule has 1 unspecified atom stereocenters. The van der Waals surface area contributed by atoms with E-state index in [-0.39, 0.29) is 0 Å². The molecule has 0 amide bonds. The van der Waals surface area contributed by atoms with E-state index in [1.807, 2.05) is 0 Å². The van der Waals surface area contributed by atoms with Gasteiger partial charge in [-0.3, -0.25) is 0 Å². The Balaban J connectivity index is 2.11. The van der Waals surface area contributed by atoms with Crippen LogP contribution in [0.25, 0.3) is 0 Å². The molecule has 3 rings (SSSR count).